The van der Waals surface area contributed by atoms with Crippen molar-refractivity contribution in [1.29, 1.82) is 0 Å². The van der Waals surface area contributed by atoms with E-state index in [0.29, 0.717) is 0 Å². The van der Waals surface area contributed by atoms with Crippen molar-refractivity contribution in [1.82, 2.24) is 0 Å². The maximum atomic E-state index is 13.9. The molecule has 0 bridgehead atoms. The van der Waals surface area contributed by atoms with E-state index in [-0.39, 0.29) is 23.5 Å². The van der Waals surface area contributed by atoms with E-state index in [9.17, 15) is 33.0 Å². The predicted molar refractivity (Wildman–Crippen MR) is 109 cm³/mol. The van der Waals surface area contributed by atoms with E-state index in [1.807, 2.05) is 0 Å². The molecule has 0 heterocycles. The molecule has 0 aliphatic heterocycles. The summed E-state index contributed by atoms with van der Waals surface area (Å²) in [6.07, 6.45) is 0.0197. The van der Waals surface area contributed by atoms with Gasteiger partial charge in [0, 0.05) is 5.41 Å². The molecule has 0 spiro atoms. The van der Waals surface area contributed by atoms with Gasteiger partial charge in [0.15, 0.2) is 15.6 Å². The van der Waals surface area contributed by atoms with E-state index in [1.54, 1.807) is 19.9 Å². The van der Waals surface area contributed by atoms with Crippen molar-refractivity contribution in [3.05, 3.63) is 24.3 Å². The molecule has 0 radical (unpaired) electrons. The zero-order valence-corrected chi connectivity index (χ0v) is 18.4. The van der Waals surface area contributed by atoms with Crippen LogP contribution in [0.5, 0.6) is 5.75 Å². The second-order valence-electron chi connectivity index (χ2n) is 8.17. The summed E-state index contributed by atoms with van der Waals surface area (Å²) in [6, 6.07) is 5.83. The first-order valence-corrected chi connectivity index (χ1v) is 11.6. The van der Waals surface area contributed by atoms with Gasteiger partial charge in [-0.15, -0.1) is 0 Å². The lowest BCUT2D eigenvalue weighted by atomic mass is 9.62. The van der Waals surface area contributed by atoms with Crippen LogP contribution in [0, 0.1) is 28.6 Å². The smallest absolute Gasteiger partial charge is 0.311 e. The number of Topliss-reactive ketones (excluding diaryl/α,β-unsaturated/α-hetero) is 1. The molecule has 31 heavy (non-hydrogen) atoms. The lowest BCUT2D eigenvalue weighted by Gasteiger charge is -2.40. The van der Waals surface area contributed by atoms with Crippen molar-refractivity contribution >= 4 is 27.6 Å². The molecule has 1 aromatic rings. The van der Waals surface area contributed by atoms with E-state index in [4.69, 9.17) is 10.5 Å². The van der Waals surface area contributed by atoms with Crippen LogP contribution < -0.4 is 10.5 Å². The van der Waals surface area contributed by atoms with Gasteiger partial charge in [-0.1, -0.05) is 26.0 Å². The van der Waals surface area contributed by atoms with Crippen LogP contribution in [0.3, 0.4) is 0 Å². The molecule has 2 fully saturated rings. The summed E-state index contributed by atoms with van der Waals surface area (Å²) >= 11 is 0. The molecule has 6 atom stereocenters. The molecule has 10 heteroatoms. The van der Waals surface area contributed by atoms with Gasteiger partial charge in [0.1, 0.15) is 10.6 Å². The minimum Gasteiger partial charge on any atom is -0.495 e. The Morgan fingerprint density at radius 2 is 1.71 bits per heavy atom. The number of carbonyl (C=O) groups is 3. The van der Waals surface area contributed by atoms with E-state index >= 15 is 0 Å². The van der Waals surface area contributed by atoms with E-state index in [0.717, 1.165) is 0 Å². The van der Waals surface area contributed by atoms with Crippen LogP contribution in [-0.4, -0.2) is 55.3 Å². The first-order valence-electron chi connectivity index (χ1n) is 10.1. The van der Waals surface area contributed by atoms with Gasteiger partial charge < -0.3 is 20.7 Å². The minimum atomic E-state index is -4.35. The fourth-order valence-electron chi connectivity index (χ4n) is 6.44. The number of carboxylic acids is 2. The van der Waals surface area contributed by atoms with E-state index in [1.165, 1.54) is 25.3 Å². The first-order chi connectivity index (χ1) is 14.5. The number of carboxylic acid groups (broad SMARTS) is 2. The normalized spacial score (nSPS) is 34.1. The van der Waals surface area contributed by atoms with Gasteiger partial charge in [0.05, 0.1) is 36.2 Å². The summed E-state index contributed by atoms with van der Waals surface area (Å²) in [5, 5.41) is 18.7. The zero-order valence-electron chi connectivity index (χ0n) is 17.6. The summed E-state index contributed by atoms with van der Waals surface area (Å²) < 4.78 is 32.9. The second kappa shape index (κ2) is 7.59. The molecule has 4 N–H and O–H groups in total. The van der Waals surface area contributed by atoms with Crippen molar-refractivity contribution in [2.24, 2.45) is 34.3 Å². The minimum absolute atomic E-state index is 0.0420. The fraction of sp³-hybridized carbons (Fsp3) is 0.571. The average molecular weight is 454 g/mol. The number of fused-ring (bicyclic) bond motifs is 1. The standard InChI is InChI=1S/C21H27NO8S/c1-4-20-15(16(20)18(24)25)17(14(11(23)10-22)21(20,5-2)19(26)27)31(28,29)13-9-7-6-8-12(13)30-3/h6-9,14-17H,4-5,10,22H2,1-3H3,(H,24,25)(H,26,27). The molecule has 0 aromatic heterocycles. The van der Waals surface area contributed by atoms with Crippen molar-refractivity contribution in [3.8, 4) is 5.75 Å². The molecular formula is C21H27NO8S. The number of carbonyl (C=O) groups excluding carboxylic acids is 1. The topological polar surface area (TPSA) is 161 Å². The number of ketones is 1. The van der Waals surface area contributed by atoms with Crippen molar-refractivity contribution in [3.63, 3.8) is 0 Å². The molecular weight excluding hydrogens is 426 g/mol. The number of ether oxygens (including phenoxy) is 1. The number of hydrogen-bond acceptors (Lipinski definition) is 7. The highest BCUT2D eigenvalue weighted by Gasteiger charge is 2.89. The molecule has 9 nitrogen and oxygen atoms in total. The van der Waals surface area contributed by atoms with Crippen molar-refractivity contribution in [2.45, 2.75) is 36.8 Å². The van der Waals surface area contributed by atoms with Crippen molar-refractivity contribution < 1.29 is 37.8 Å². The Morgan fingerprint density at radius 1 is 1.10 bits per heavy atom. The number of nitrogens with two attached hydrogens (primary N) is 1. The van der Waals surface area contributed by atoms with Gasteiger partial charge >= 0.3 is 11.9 Å². The summed E-state index contributed by atoms with van der Waals surface area (Å²) in [7, 11) is -3.05. The predicted octanol–water partition coefficient (Wildman–Crippen LogP) is 1.20. The van der Waals surface area contributed by atoms with E-state index < -0.39 is 67.9 Å². The molecule has 2 aliphatic rings. The van der Waals surface area contributed by atoms with Crippen LogP contribution >= 0.6 is 0 Å². The molecule has 0 saturated heterocycles. The van der Waals surface area contributed by atoms with Crippen LogP contribution in [0.25, 0.3) is 0 Å². The highest BCUT2D eigenvalue weighted by Crippen LogP contribution is 2.81. The Kier molecular flexibility index (Phi) is 5.69. The maximum Gasteiger partial charge on any atom is 0.311 e. The third-order valence-corrected chi connectivity index (χ3v) is 9.75. The number of sulfone groups is 1. The quantitative estimate of drug-likeness (QED) is 0.499. The van der Waals surface area contributed by atoms with Crippen LogP contribution in [0.2, 0.25) is 0 Å². The van der Waals surface area contributed by atoms with Gasteiger partial charge in [0.25, 0.3) is 0 Å². The number of hydrogen-bond donors (Lipinski definition) is 3. The van der Waals surface area contributed by atoms with Gasteiger partial charge in [-0.05, 0) is 30.9 Å². The largest absolute Gasteiger partial charge is 0.495 e. The lowest BCUT2D eigenvalue weighted by Crippen LogP contribution is -2.53. The Morgan fingerprint density at radius 3 is 2.16 bits per heavy atom. The Balaban J connectivity index is 2.36. The van der Waals surface area contributed by atoms with Gasteiger partial charge in [-0.2, -0.15) is 0 Å². The van der Waals surface area contributed by atoms with Crippen LogP contribution in [0.4, 0.5) is 0 Å². The van der Waals surface area contributed by atoms with Gasteiger partial charge in [-0.25, -0.2) is 8.42 Å². The van der Waals surface area contributed by atoms with Crippen molar-refractivity contribution in [2.75, 3.05) is 13.7 Å². The number of benzene rings is 1. The summed E-state index contributed by atoms with van der Waals surface area (Å²) in [4.78, 5) is 37.6. The number of methoxy groups -OCH3 is 1. The highest BCUT2D eigenvalue weighted by molar-refractivity contribution is 7.92. The first kappa shape index (κ1) is 23.2. The molecule has 170 valence electrons. The number of rotatable bonds is 9. The SMILES string of the molecule is CCC1(C(=O)O)C(C(=O)CN)C(S(=O)(=O)c2ccccc2OC)C2C(C(=O)O)C21CC. The molecule has 0 amide bonds. The molecule has 3 rings (SSSR count). The Labute approximate surface area is 180 Å². The zero-order chi connectivity index (χ0) is 23.4. The second-order valence-corrected chi connectivity index (χ2v) is 10.2. The monoisotopic (exact) mass is 453 g/mol. The number of aliphatic carboxylic acids is 2. The average Bonchev–Trinajstić information content (AvgIpc) is 3.34. The Hall–Kier alpha value is -2.46. The van der Waals surface area contributed by atoms with Gasteiger partial charge in [-0.3, -0.25) is 14.4 Å². The molecule has 2 aliphatic carbocycles. The summed E-state index contributed by atoms with van der Waals surface area (Å²) in [6.45, 7) is 2.65. The highest BCUT2D eigenvalue weighted by atomic mass is 32.2. The van der Waals surface area contributed by atoms with Crippen LogP contribution in [0.15, 0.2) is 29.2 Å². The van der Waals surface area contributed by atoms with Crippen LogP contribution in [0.1, 0.15) is 26.7 Å². The summed E-state index contributed by atoms with van der Waals surface area (Å²) in [5.74, 6) is -6.96. The van der Waals surface area contributed by atoms with Gasteiger partial charge in [0.2, 0.25) is 0 Å². The molecule has 1 aromatic carbocycles. The Bertz CT molecular complexity index is 1040. The summed E-state index contributed by atoms with van der Waals surface area (Å²) in [5.41, 5.74) is 2.37. The van der Waals surface area contributed by atoms with Crippen LogP contribution in [-0.2, 0) is 24.2 Å². The third-order valence-electron chi connectivity index (χ3n) is 7.52. The third kappa shape index (κ3) is 2.70. The molecule has 6 unspecified atom stereocenters. The lowest BCUT2D eigenvalue weighted by molar-refractivity contribution is -0.163. The number of para-hydroxylation sites is 1. The fourth-order valence-corrected chi connectivity index (χ4v) is 8.96. The molecule has 2 saturated carbocycles. The van der Waals surface area contributed by atoms with E-state index in [2.05, 4.69) is 0 Å². The maximum absolute atomic E-state index is 13.9.